The van der Waals surface area contributed by atoms with Crippen LogP contribution in [0.15, 0.2) is 47.4 Å². The van der Waals surface area contributed by atoms with Gasteiger partial charge < -0.3 is 5.32 Å². The topological polar surface area (TPSA) is 12.0 Å². The highest BCUT2D eigenvalue weighted by atomic mass is 32.2. The van der Waals surface area contributed by atoms with Gasteiger partial charge in [-0.2, -0.15) is 0 Å². The molecule has 1 unspecified atom stereocenters. The minimum Gasteiger partial charge on any atom is -0.377 e. The molecule has 0 amide bonds. The van der Waals surface area contributed by atoms with Gasteiger partial charge in [-0.05, 0) is 23.8 Å². The number of hydrogen-bond donors (Lipinski definition) is 1. The van der Waals surface area contributed by atoms with Crippen molar-refractivity contribution in [3.8, 4) is 0 Å². The quantitative estimate of drug-likeness (QED) is 0.870. The fraction of sp³-hybridized carbons (Fsp3) is 0.143. The van der Waals surface area contributed by atoms with Crippen LogP contribution in [0.4, 0.5) is 14.5 Å². The smallest absolute Gasteiger partial charge is 0.160 e. The number of benzene rings is 2. The van der Waals surface area contributed by atoms with Gasteiger partial charge in [-0.25, -0.2) is 8.78 Å². The summed E-state index contributed by atoms with van der Waals surface area (Å²) in [5.41, 5.74) is 1.82. The first-order valence-electron chi connectivity index (χ1n) is 5.67. The van der Waals surface area contributed by atoms with E-state index in [1.165, 1.54) is 16.5 Å². The van der Waals surface area contributed by atoms with Crippen LogP contribution in [0.2, 0.25) is 0 Å². The lowest BCUT2D eigenvalue weighted by Gasteiger charge is -2.14. The van der Waals surface area contributed by atoms with Crippen molar-refractivity contribution in [2.75, 3.05) is 11.1 Å². The maximum Gasteiger partial charge on any atom is 0.160 e. The van der Waals surface area contributed by atoms with E-state index in [1.807, 2.05) is 12.1 Å². The molecular formula is C14H11F2NS. The minimum atomic E-state index is -0.820. The lowest BCUT2D eigenvalue weighted by Crippen LogP contribution is -2.09. The summed E-state index contributed by atoms with van der Waals surface area (Å²) in [6.07, 6.45) is 0. The molecule has 0 fully saturated rings. The largest absolute Gasteiger partial charge is 0.377 e. The molecule has 18 heavy (non-hydrogen) atoms. The Hall–Kier alpha value is -1.55. The number of fused-ring (bicyclic) bond motifs is 1. The second-order valence-electron chi connectivity index (χ2n) is 4.17. The molecule has 0 spiro atoms. The Kier molecular flexibility index (Phi) is 2.96. The van der Waals surface area contributed by atoms with Crippen LogP contribution >= 0.6 is 11.8 Å². The molecule has 1 nitrogen and oxygen atoms in total. The van der Waals surface area contributed by atoms with Gasteiger partial charge in [-0.15, -0.1) is 11.8 Å². The molecule has 0 saturated heterocycles. The van der Waals surface area contributed by atoms with E-state index < -0.39 is 11.6 Å². The number of rotatable bonds is 2. The van der Waals surface area contributed by atoms with E-state index >= 15 is 0 Å². The van der Waals surface area contributed by atoms with Crippen LogP contribution < -0.4 is 5.32 Å². The van der Waals surface area contributed by atoms with Gasteiger partial charge in [-0.1, -0.05) is 18.2 Å². The Morgan fingerprint density at radius 3 is 2.72 bits per heavy atom. The standard InChI is InChI=1S/C14H11F2NS/c15-11-6-5-9(7-12(11)16)17-13-8-18-14-4-2-1-3-10(13)14/h1-7,13,17H,8H2. The summed E-state index contributed by atoms with van der Waals surface area (Å²) in [7, 11) is 0. The SMILES string of the molecule is Fc1ccc(NC2CSc3ccccc32)cc1F. The number of hydrogen-bond acceptors (Lipinski definition) is 2. The summed E-state index contributed by atoms with van der Waals surface area (Å²) < 4.78 is 26.0. The normalized spacial score (nSPS) is 17.6. The van der Waals surface area contributed by atoms with Gasteiger partial charge >= 0.3 is 0 Å². The molecular weight excluding hydrogens is 252 g/mol. The summed E-state index contributed by atoms with van der Waals surface area (Å²) in [6.45, 7) is 0. The second-order valence-corrected chi connectivity index (χ2v) is 5.24. The van der Waals surface area contributed by atoms with Crippen LogP contribution in [0.5, 0.6) is 0 Å². The molecule has 0 saturated carbocycles. The number of halogens is 2. The summed E-state index contributed by atoms with van der Waals surface area (Å²) in [4.78, 5) is 1.25. The van der Waals surface area contributed by atoms with E-state index in [0.29, 0.717) is 5.69 Å². The third-order valence-corrected chi connectivity index (χ3v) is 4.14. The fourth-order valence-electron chi connectivity index (χ4n) is 2.07. The Balaban J connectivity index is 1.84. The van der Waals surface area contributed by atoms with Gasteiger partial charge in [0.25, 0.3) is 0 Å². The van der Waals surface area contributed by atoms with E-state index in [4.69, 9.17) is 0 Å². The first kappa shape index (κ1) is 11.5. The number of thioether (sulfide) groups is 1. The highest BCUT2D eigenvalue weighted by Crippen LogP contribution is 2.39. The van der Waals surface area contributed by atoms with Crippen LogP contribution in [-0.2, 0) is 0 Å². The third kappa shape index (κ3) is 2.08. The lowest BCUT2D eigenvalue weighted by atomic mass is 10.1. The van der Waals surface area contributed by atoms with Crippen LogP contribution in [0.25, 0.3) is 0 Å². The molecule has 2 aromatic carbocycles. The number of nitrogens with one attached hydrogen (secondary N) is 1. The summed E-state index contributed by atoms with van der Waals surface area (Å²) in [5.74, 6) is -0.737. The first-order chi connectivity index (χ1) is 8.74. The van der Waals surface area contributed by atoms with Gasteiger partial charge in [0.05, 0.1) is 6.04 Å². The molecule has 1 heterocycles. The van der Waals surface area contributed by atoms with E-state index in [2.05, 4.69) is 17.4 Å². The van der Waals surface area contributed by atoms with Crippen molar-refractivity contribution >= 4 is 17.4 Å². The van der Waals surface area contributed by atoms with Crippen molar-refractivity contribution < 1.29 is 8.78 Å². The van der Waals surface area contributed by atoms with Gasteiger partial charge in [0.15, 0.2) is 11.6 Å². The van der Waals surface area contributed by atoms with Crippen molar-refractivity contribution in [3.05, 3.63) is 59.7 Å². The predicted molar refractivity (Wildman–Crippen MR) is 69.9 cm³/mol. The Labute approximate surface area is 108 Å². The van der Waals surface area contributed by atoms with Crippen molar-refractivity contribution in [1.29, 1.82) is 0 Å². The molecule has 3 rings (SSSR count). The molecule has 0 aliphatic carbocycles. The van der Waals surface area contributed by atoms with Crippen molar-refractivity contribution in [3.63, 3.8) is 0 Å². The Morgan fingerprint density at radius 1 is 1.06 bits per heavy atom. The third-order valence-electron chi connectivity index (χ3n) is 2.96. The molecule has 0 radical (unpaired) electrons. The van der Waals surface area contributed by atoms with Gasteiger partial charge in [0.1, 0.15) is 0 Å². The van der Waals surface area contributed by atoms with Crippen molar-refractivity contribution in [2.24, 2.45) is 0 Å². The molecule has 2 aromatic rings. The summed E-state index contributed by atoms with van der Waals surface area (Å²) in [6, 6.07) is 12.2. The van der Waals surface area contributed by atoms with E-state index in [0.717, 1.165) is 11.8 Å². The summed E-state index contributed by atoms with van der Waals surface area (Å²) >= 11 is 1.77. The maximum atomic E-state index is 13.1. The lowest BCUT2D eigenvalue weighted by molar-refractivity contribution is 0.509. The highest BCUT2D eigenvalue weighted by molar-refractivity contribution is 7.99. The Morgan fingerprint density at radius 2 is 1.89 bits per heavy atom. The minimum absolute atomic E-state index is 0.149. The molecule has 1 aliphatic heterocycles. The number of anilines is 1. The molecule has 0 aromatic heterocycles. The van der Waals surface area contributed by atoms with E-state index in [1.54, 1.807) is 17.8 Å². The van der Waals surface area contributed by atoms with Crippen LogP contribution in [0.3, 0.4) is 0 Å². The second kappa shape index (κ2) is 4.61. The van der Waals surface area contributed by atoms with E-state index in [9.17, 15) is 8.78 Å². The Bertz CT molecular complexity index is 586. The molecule has 0 bridgehead atoms. The van der Waals surface area contributed by atoms with Crippen molar-refractivity contribution in [1.82, 2.24) is 0 Å². The zero-order chi connectivity index (χ0) is 12.5. The highest BCUT2D eigenvalue weighted by Gasteiger charge is 2.22. The van der Waals surface area contributed by atoms with Gasteiger partial charge in [-0.3, -0.25) is 0 Å². The van der Waals surface area contributed by atoms with Crippen LogP contribution in [-0.4, -0.2) is 5.75 Å². The molecule has 4 heteroatoms. The van der Waals surface area contributed by atoms with Crippen molar-refractivity contribution in [2.45, 2.75) is 10.9 Å². The molecule has 1 aliphatic rings. The first-order valence-corrected chi connectivity index (χ1v) is 6.66. The zero-order valence-electron chi connectivity index (χ0n) is 9.49. The average Bonchev–Trinajstić information content (AvgIpc) is 2.78. The molecule has 1 atom stereocenters. The van der Waals surface area contributed by atoms with Crippen LogP contribution in [0.1, 0.15) is 11.6 Å². The molecule has 92 valence electrons. The average molecular weight is 263 g/mol. The van der Waals surface area contributed by atoms with Gasteiger partial charge in [0.2, 0.25) is 0 Å². The van der Waals surface area contributed by atoms with Gasteiger partial charge in [0, 0.05) is 22.4 Å². The molecule has 1 N–H and O–H groups in total. The predicted octanol–water partition coefficient (Wildman–Crippen LogP) is 4.22. The van der Waals surface area contributed by atoms with E-state index in [-0.39, 0.29) is 6.04 Å². The summed E-state index contributed by atoms with van der Waals surface area (Å²) in [5, 5.41) is 3.24. The fourth-order valence-corrected chi connectivity index (χ4v) is 3.23. The maximum absolute atomic E-state index is 13.1. The monoisotopic (exact) mass is 263 g/mol. The zero-order valence-corrected chi connectivity index (χ0v) is 10.3. The van der Waals surface area contributed by atoms with Crippen LogP contribution in [0, 0.1) is 11.6 Å².